The van der Waals surface area contributed by atoms with Gasteiger partial charge in [-0.3, -0.25) is 4.79 Å². The third-order valence-corrected chi connectivity index (χ3v) is 5.05. The Bertz CT molecular complexity index is 971. The van der Waals surface area contributed by atoms with Gasteiger partial charge >= 0.3 is 5.97 Å². The largest absolute Gasteiger partial charge is 0.507 e. The van der Waals surface area contributed by atoms with Gasteiger partial charge in [0, 0.05) is 25.1 Å². The maximum atomic E-state index is 12.8. The lowest BCUT2D eigenvalue weighted by molar-refractivity contribution is -0.115. The van der Waals surface area contributed by atoms with E-state index in [4.69, 9.17) is 9.47 Å². The Morgan fingerprint density at radius 1 is 1.33 bits per heavy atom. The van der Waals surface area contributed by atoms with Crippen LogP contribution in [-0.2, 0) is 19.1 Å². The minimum absolute atomic E-state index is 0.0396. The minimum Gasteiger partial charge on any atom is -0.507 e. The van der Waals surface area contributed by atoms with Crippen molar-refractivity contribution in [3.63, 3.8) is 0 Å². The first-order valence-corrected chi connectivity index (χ1v) is 10.3. The van der Waals surface area contributed by atoms with Crippen LogP contribution < -0.4 is 5.32 Å². The van der Waals surface area contributed by atoms with Crippen molar-refractivity contribution in [1.29, 1.82) is 0 Å². The van der Waals surface area contributed by atoms with Crippen LogP contribution in [0.5, 0.6) is 5.75 Å². The Morgan fingerprint density at radius 2 is 2.15 bits per heavy atom. The molecule has 1 amide bonds. The van der Waals surface area contributed by atoms with Crippen molar-refractivity contribution >= 4 is 24.2 Å². The molecule has 0 spiro atoms. The monoisotopic (exact) mass is 458 g/mol. The highest BCUT2D eigenvalue weighted by Gasteiger charge is 2.48. The van der Waals surface area contributed by atoms with Gasteiger partial charge in [-0.15, -0.1) is 0 Å². The molecule has 1 aromatic rings. The predicted molar refractivity (Wildman–Crippen MR) is 118 cm³/mol. The number of nitrogens with one attached hydrogen (secondary N) is 1. The number of amides is 1. The number of benzene rings is 1. The first kappa shape index (κ1) is 24.2. The molecule has 1 aromatic carbocycles. The number of allylic oxidation sites excluding steroid dienone is 1. The first-order chi connectivity index (χ1) is 15.9. The van der Waals surface area contributed by atoms with Gasteiger partial charge in [0.2, 0.25) is 5.91 Å². The molecule has 2 heterocycles. The lowest BCUT2D eigenvalue weighted by atomic mass is 10.00. The number of epoxide rings is 1. The Labute approximate surface area is 190 Å². The lowest BCUT2D eigenvalue weighted by Gasteiger charge is -2.20. The van der Waals surface area contributed by atoms with E-state index in [1.165, 1.54) is 49.9 Å². The fourth-order valence-electron chi connectivity index (χ4n) is 3.39. The highest BCUT2D eigenvalue weighted by Crippen LogP contribution is 2.33. The van der Waals surface area contributed by atoms with Gasteiger partial charge in [-0.05, 0) is 17.7 Å². The van der Waals surface area contributed by atoms with Gasteiger partial charge in [0.1, 0.15) is 42.8 Å². The SMILES string of the molecule is CO/N=C/C=C/C(=O)N/C=C/C[C@H]1C[C@H](O)[C@@H]2O[C@@H]2[C@H](O)/C=C/c2cccc(O)c2C(=O)O1. The normalized spacial score (nSPS) is 28.5. The second-order valence-electron chi connectivity index (χ2n) is 7.43. The zero-order valence-corrected chi connectivity index (χ0v) is 17.9. The molecule has 1 fully saturated rings. The van der Waals surface area contributed by atoms with Gasteiger partial charge < -0.3 is 34.9 Å². The highest BCUT2D eigenvalue weighted by atomic mass is 16.6. The smallest absolute Gasteiger partial charge is 0.342 e. The molecule has 0 saturated carbocycles. The summed E-state index contributed by atoms with van der Waals surface area (Å²) in [5.74, 6) is -1.44. The minimum atomic E-state index is -0.981. The number of phenols is 1. The number of carbonyl (C=O) groups is 2. The quantitative estimate of drug-likeness (QED) is 0.162. The van der Waals surface area contributed by atoms with Crippen molar-refractivity contribution in [3.05, 3.63) is 59.8 Å². The molecule has 2 aliphatic heterocycles. The molecule has 0 aliphatic carbocycles. The van der Waals surface area contributed by atoms with Crippen LogP contribution in [0, 0.1) is 0 Å². The molecule has 176 valence electrons. The summed E-state index contributed by atoms with van der Waals surface area (Å²) in [6, 6.07) is 4.55. The van der Waals surface area contributed by atoms with Crippen molar-refractivity contribution in [2.45, 2.75) is 43.4 Å². The van der Waals surface area contributed by atoms with Crippen molar-refractivity contribution in [1.82, 2.24) is 5.32 Å². The number of nitrogens with zero attached hydrogens (tertiary/aromatic N) is 1. The number of cyclic esters (lactones) is 1. The van der Waals surface area contributed by atoms with E-state index < -0.39 is 42.4 Å². The highest BCUT2D eigenvalue weighted by molar-refractivity contribution is 5.96. The average molecular weight is 458 g/mol. The zero-order valence-electron chi connectivity index (χ0n) is 17.9. The van der Waals surface area contributed by atoms with E-state index >= 15 is 0 Å². The van der Waals surface area contributed by atoms with Gasteiger partial charge in [-0.2, -0.15) is 0 Å². The summed E-state index contributed by atoms with van der Waals surface area (Å²) in [6.45, 7) is 0. The molecule has 1 saturated heterocycles. The number of aromatic hydroxyl groups is 1. The Morgan fingerprint density at radius 3 is 2.94 bits per heavy atom. The molecule has 0 bridgehead atoms. The van der Waals surface area contributed by atoms with Gasteiger partial charge in [-0.1, -0.05) is 35.5 Å². The molecule has 33 heavy (non-hydrogen) atoms. The van der Waals surface area contributed by atoms with Crippen LogP contribution in [0.25, 0.3) is 6.08 Å². The molecule has 5 atom stereocenters. The Hall–Kier alpha value is -3.47. The lowest BCUT2D eigenvalue weighted by Crippen LogP contribution is -2.30. The second-order valence-corrected chi connectivity index (χ2v) is 7.43. The molecule has 2 aliphatic rings. The van der Waals surface area contributed by atoms with Gasteiger partial charge in [-0.25, -0.2) is 4.79 Å². The number of oxime groups is 1. The maximum Gasteiger partial charge on any atom is 0.342 e. The predicted octanol–water partition coefficient (Wildman–Crippen LogP) is 1.03. The molecule has 10 nitrogen and oxygen atoms in total. The van der Waals surface area contributed by atoms with Crippen molar-refractivity contribution < 1.29 is 39.2 Å². The molecule has 0 radical (unpaired) electrons. The van der Waals surface area contributed by atoms with Crippen molar-refractivity contribution in [2.75, 3.05) is 7.11 Å². The topological polar surface area (TPSA) is 150 Å². The maximum absolute atomic E-state index is 12.8. The van der Waals surface area contributed by atoms with Crippen LogP contribution in [0.4, 0.5) is 0 Å². The van der Waals surface area contributed by atoms with Crippen LogP contribution in [0.15, 0.2) is 53.9 Å². The van der Waals surface area contributed by atoms with Crippen LogP contribution >= 0.6 is 0 Å². The number of rotatable bonds is 6. The summed E-state index contributed by atoms with van der Waals surface area (Å²) in [6.07, 6.45) is 6.20. The molecule has 4 N–H and O–H groups in total. The van der Waals surface area contributed by atoms with Crippen LogP contribution in [0.2, 0.25) is 0 Å². The molecule has 0 unspecified atom stereocenters. The van der Waals surface area contributed by atoms with Crippen molar-refractivity contribution in [2.24, 2.45) is 5.16 Å². The molecule has 3 rings (SSSR count). The molecule has 0 aromatic heterocycles. The van der Waals surface area contributed by atoms with E-state index in [2.05, 4.69) is 15.3 Å². The first-order valence-electron chi connectivity index (χ1n) is 10.3. The standard InChI is InChI=1S/C23H26N2O8/c1-31-25-12-4-8-19(29)24-11-3-6-15-13-18(28)22-21(33-22)17(27)10-9-14-5-2-7-16(26)20(14)23(30)32-15/h2-5,7-12,15,17-18,21-22,26-28H,6,13H2,1H3,(H,24,29)/b8-4+,10-9+,11-3+,25-12+/t15-,17+,18-,21+,22-/m0/s1. The van der Waals surface area contributed by atoms with Gasteiger partial charge in [0.05, 0.1) is 12.3 Å². The number of aliphatic hydroxyl groups excluding tert-OH is 2. The van der Waals surface area contributed by atoms with E-state index in [0.29, 0.717) is 5.56 Å². The van der Waals surface area contributed by atoms with E-state index in [-0.39, 0.29) is 24.2 Å². The number of phenolic OH excluding ortho intramolecular Hbond substituents is 1. The summed E-state index contributed by atoms with van der Waals surface area (Å²) in [5, 5.41) is 37.0. The van der Waals surface area contributed by atoms with E-state index in [1.807, 2.05) is 0 Å². The summed E-state index contributed by atoms with van der Waals surface area (Å²) < 4.78 is 11.0. The van der Waals surface area contributed by atoms with Crippen LogP contribution in [-0.4, -0.2) is 71.0 Å². The van der Waals surface area contributed by atoms with E-state index in [1.54, 1.807) is 18.2 Å². The number of ether oxygens (including phenoxy) is 2. The number of hydrogen-bond acceptors (Lipinski definition) is 9. The fraction of sp³-hybridized carbons (Fsp3) is 0.348. The summed E-state index contributed by atoms with van der Waals surface area (Å²) >= 11 is 0. The fourth-order valence-corrected chi connectivity index (χ4v) is 3.39. The summed E-state index contributed by atoms with van der Waals surface area (Å²) in [5.41, 5.74) is 0.331. The zero-order chi connectivity index (χ0) is 23.8. The average Bonchev–Trinajstić information content (AvgIpc) is 3.58. The second kappa shape index (κ2) is 11.4. The molecular weight excluding hydrogens is 432 g/mol. The van der Waals surface area contributed by atoms with Crippen molar-refractivity contribution in [3.8, 4) is 5.75 Å². The number of aliphatic hydroxyl groups is 2. The van der Waals surface area contributed by atoms with E-state index in [9.17, 15) is 24.9 Å². The third-order valence-electron chi connectivity index (χ3n) is 5.05. The number of carbonyl (C=O) groups excluding carboxylic acids is 2. The third kappa shape index (κ3) is 6.75. The number of esters is 1. The Kier molecular flexibility index (Phi) is 8.36. The van der Waals surface area contributed by atoms with Crippen LogP contribution in [0.1, 0.15) is 28.8 Å². The Balaban J connectivity index is 1.72. The summed E-state index contributed by atoms with van der Waals surface area (Å²) in [7, 11) is 1.38. The van der Waals surface area contributed by atoms with E-state index in [0.717, 1.165) is 0 Å². The molecular formula is C23H26N2O8. The van der Waals surface area contributed by atoms with Gasteiger partial charge in [0.15, 0.2) is 0 Å². The van der Waals surface area contributed by atoms with Crippen LogP contribution in [0.3, 0.4) is 0 Å². The molecule has 10 heteroatoms. The summed E-state index contributed by atoms with van der Waals surface area (Å²) in [4.78, 5) is 29.0. The number of fused-ring (bicyclic) bond motifs is 2. The number of hydrogen-bond donors (Lipinski definition) is 4. The van der Waals surface area contributed by atoms with Gasteiger partial charge in [0.25, 0.3) is 0 Å².